The van der Waals surface area contributed by atoms with E-state index >= 15 is 0 Å². The molecular weight excluding hydrogens is 248 g/mol. The number of nitrogens with one attached hydrogen (secondary N) is 2. The van der Waals surface area contributed by atoms with Crippen LogP contribution in [0.3, 0.4) is 0 Å². The quantitative estimate of drug-likeness (QED) is 0.893. The van der Waals surface area contributed by atoms with Crippen molar-refractivity contribution in [3.05, 3.63) is 38.8 Å². The first-order valence-electron chi connectivity index (χ1n) is 5.70. The molecule has 0 saturated heterocycles. The van der Waals surface area contributed by atoms with Crippen LogP contribution in [0.5, 0.6) is 0 Å². The molecule has 0 radical (unpaired) electrons. The predicted molar refractivity (Wildman–Crippen MR) is 74.0 cm³/mol. The SMILES string of the molecule is CCC(=O)Nc1ccc(-c2[nH]c(=O)sc2C)cc1. The van der Waals surface area contributed by atoms with Gasteiger partial charge in [0, 0.05) is 17.0 Å². The maximum Gasteiger partial charge on any atom is 0.305 e. The lowest BCUT2D eigenvalue weighted by molar-refractivity contribution is -0.115. The summed E-state index contributed by atoms with van der Waals surface area (Å²) >= 11 is 1.20. The zero-order valence-electron chi connectivity index (χ0n) is 10.2. The van der Waals surface area contributed by atoms with E-state index in [9.17, 15) is 9.59 Å². The highest BCUT2D eigenvalue weighted by atomic mass is 32.1. The van der Waals surface area contributed by atoms with Crippen molar-refractivity contribution in [3.8, 4) is 11.3 Å². The molecule has 94 valence electrons. The van der Waals surface area contributed by atoms with Crippen LogP contribution < -0.4 is 10.2 Å². The maximum absolute atomic E-state index is 11.2. The van der Waals surface area contributed by atoms with Crippen molar-refractivity contribution in [1.82, 2.24) is 4.98 Å². The van der Waals surface area contributed by atoms with Crippen LogP contribution in [0.25, 0.3) is 11.3 Å². The van der Waals surface area contributed by atoms with Crippen LogP contribution in [0.1, 0.15) is 18.2 Å². The Morgan fingerprint density at radius 3 is 2.50 bits per heavy atom. The number of rotatable bonds is 3. The molecule has 1 aromatic heterocycles. The summed E-state index contributed by atoms with van der Waals surface area (Å²) in [6.07, 6.45) is 0.457. The van der Waals surface area contributed by atoms with Gasteiger partial charge in [0.15, 0.2) is 0 Å². The molecule has 1 heterocycles. The Labute approximate surface area is 109 Å². The zero-order chi connectivity index (χ0) is 13.1. The molecule has 0 unspecified atom stereocenters. The molecular formula is C13H14N2O2S. The minimum Gasteiger partial charge on any atom is -0.326 e. The summed E-state index contributed by atoms with van der Waals surface area (Å²) in [5.74, 6) is -0.0112. The Balaban J connectivity index is 2.25. The van der Waals surface area contributed by atoms with Crippen molar-refractivity contribution in [2.75, 3.05) is 5.32 Å². The molecule has 0 aliphatic carbocycles. The largest absolute Gasteiger partial charge is 0.326 e. The minimum atomic E-state index is -0.0501. The summed E-state index contributed by atoms with van der Waals surface area (Å²) in [6.45, 7) is 3.72. The fraction of sp³-hybridized carbons (Fsp3) is 0.231. The molecule has 0 bridgehead atoms. The van der Waals surface area contributed by atoms with E-state index in [1.807, 2.05) is 38.1 Å². The number of carbonyl (C=O) groups excluding carboxylic acids is 1. The second-order valence-electron chi connectivity index (χ2n) is 3.92. The van der Waals surface area contributed by atoms with Crippen LogP contribution in [0.15, 0.2) is 29.1 Å². The van der Waals surface area contributed by atoms with Gasteiger partial charge in [-0.25, -0.2) is 0 Å². The van der Waals surface area contributed by atoms with Crippen LogP contribution in [-0.2, 0) is 4.79 Å². The minimum absolute atomic E-state index is 0.0112. The molecule has 2 rings (SSSR count). The summed E-state index contributed by atoms with van der Waals surface area (Å²) in [5, 5.41) is 2.78. The van der Waals surface area contributed by atoms with Gasteiger partial charge >= 0.3 is 4.87 Å². The number of aryl methyl sites for hydroxylation is 1. The summed E-state index contributed by atoms with van der Waals surface area (Å²) < 4.78 is 0. The van der Waals surface area contributed by atoms with Crippen LogP contribution in [0.4, 0.5) is 5.69 Å². The molecule has 0 aliphatic rings. The van der Waals surface area contributed by atoms with Gasteiger partial charge in [0.25, 0.3) is 0 Å². The van der Waals surface area contributed by atoms with Gasteiger partial charge in [-0.1, -0.05) is 30.4 Å². The van der Waals surface area contributed by atoms with Gasteiger partial charge in [0.2, 0.25) is 5.91 Å². The fourth-order valence-electron chi connectivity index (χ4n) is 1.65. The van der Waals surface area contributed by atoms with Crippen molar-refractivity contribution in [3.63, 3.8) is 0 Å². The average Bonchev–Trinajstić information content (AvgIpc) is 2.69. The first-order valence-corrected chi connectivity index (χ1v) is 6.52. The molecule has 2 N–H and O–H groups in total. The first-order chi connectivity index (χ1) is 8.60. The van der Waals surface area contributed by atoms with Gasteiger partial charge in [-0.3, -0.25) is 9.59 Å². The Morgan fingerprint density at radius 2 is 2.00 bits per heavy atom. The Hall–Kier alpha value is -1.88. The van der Waals surface area contributed by atoms with Crippen molar-refractivity contribution in [2.45, 2.75) is 20.3 Å². The molecule has 4 nitrogen and oxygen atoms in total. The number of hydrogen-bond donors (Lipinski definition) is 2. The second kappa shape index (κ2) is 5.18. The van der Waals surface area contributed by atoms with E-state index in [4.69, 9.17) is 0 Å². The van der Waals surface area contributed by atoms with E-state index in [1.165, 1.54) is 11.3 Å². The van der Waals surface area contributed by atoms with E-state index < -0.39 is 0 Å². The molecule has 0 atom stereocenters. The number of anilines is 1. The predicted octanol–water partition coefficient (Wildman–Crippen LogP) is 2.76. The van der Waals surface area contributed by atoms with E-state index in [2.05, 4.69) is 10.3 Å². The van der Waals surface area contributed by atoms with Gasteiger partial charge in [0.1, 0.15) is 0 Å². The summed E-state index contributed by atoms with van der Waals surface area (Å²) in [7, 11) is 0. The summed E-state index contributed by atoms with van der Waals surface area (Å²) in [4.78, 5) is 26.2. The molecule has 0 spiro atoms. The van der Waals surface area contributed by atoms with E-state index in [1.54, 1.807) is 0 Å². The first kappa shape index (κ1) is 12.6. The maximum atomic E-state index is 11.2. The summed E-state index contributed by atoms with van der Waals surface area (Å²) in [6, 6.07) is 7.43. The lowest BCUT2D eigenvalue weighted by Gasteiger charge is -2.05. The highest BCUT2D eigenvalue weighted by Crippen LogP contribution is 2.23. The third kappa shape index (κ3) is 2.68. The molecule has 0 saturated carbocycles. The number of carbonyl (C=O) groups is 1. The van der Waals surface area contributed by atoms with Crippen LogP contribution in [-0.4, -0.2) is 10.9 Å². The van der Waals surface area contributed by atoms with Crippen LogP contribution in [0, 0.1) is 6.92 Å². The third-order valence-electron chi connectivity index (χ3n) is 2.60. The molecule has 1 aromatic carbocycles. The number of benzene rings is 1. The number of hydrogen-bond acceptors (Lipinski definition) is 3. The van der Waals surface area contributed by atoms with Gasteiger partial charge in [-0.05, 0) is 24.6 Å². The van der Waals surface area contributed by atoms with Gasteiger partial charge in [0.05, 0.1) is 5.69 Å². The van der Waals surface area contributed by atoms with Crippen molar-refractivity contribution in [2.24, 2.45) is 0 Å². The van der Waals surface area contributed by atoms with Gasteiger partial charge in [-0.15, -0.1) is 0 Å². The fourth-order valence-corrected chi connectivity index (χ4v) is 2.35. The smallest absolute Gasteiger partial charge is 0.305 e. The molecule has 0 fully saturated rings. The number of amides is 1. The summed E-state index contributed by atoms with van der Waals surface area (Å²) in [5.41, 5.74) is 2.56. The zero-order valence-corrected chi connectivity index (χ0v) is 11.1. The number of aromatic nitrogens is 1. The number of thiazole rings is 1. The Bertz CT molecular complexity index is 611. The number of aromatic amines is 1. The van der Waals surface area contributed by atoms with Crippen LogP contribution >= 0.6 is 11.3 Å². The highest BCUT2D eigenvalue weighted by Gasteiger charge is 2.06. The van der Waals surface area contributed by atoms with Gasteiger partial charge < -0.3 is 10.3 Å². The topological polar surface area (TPSA) is 62.0 Å². The van der Waals surface area contributed by atoms with E-state index in [0.717, 1.165) is 21.8 Å². The lowest BCUT2D eigenvalue weighted by Crippen LogP contribution is -2.09. The highest BCUT2D eigenvalue weighted by molar-refractivity contribution is 7.09. The lowest BCUT2D eigenvalue weighted by atomic mass is 10.1. The molecule has 1 amide bonds. The van der Waals surface area contributed by atoms with Crippen molar-refractivity contribution < 1.29 is 4.79 Å². The van der Waals surface area contributed by atoms with E-state index in [-0.39, 0.29) is 10.8 Å². The van der Waals surface area contributed by atoms with Crippen molar-refractivity contribution in [1.29, 1.82) is 0 Å². The van der Waals surface area contributed by atoms with E-state index in [0.29, 0.717) is 6.42 Å². The van der Waals surface area contributed by atoms with Crippen LogP contribution in [0.2, 0.25) is 0 Å². The number of H-pyrrole nitrogens is 1. The molecule has 5 heteroatoms. The standard InChI is InChI=1S/C13H14N2O2S/c1-3-11(16)14-10-6-4-9(5-7-10)12-8(2)18-13(17)15-12/h4-7H,3H2,1-2H3,(H,14,16)(H,15,17). The Kier molecular flexibility index (Phi) is 3.62. The monoisotopic (exact) mass is 262 g/mol. The van der Waals surface area contributed by atoms with Crippen molar-refractivity contribution >= 4 is 22.9 Å². The normalized spacial score (nSPS) is 10.3. The molecule has 0 aliphatic heterocycles. The third-order valence-corrected chi connectivity index (χ3v) is 3.40. The molecule has 18 heavy (non-hydrogen) atoms. The molecule has 2 aromatic rings. The second-order valence-corrected chi connectivity index (χ2v) is 5.11. The van der Waals surface area contributed by atoms with Gasteiger partial charge in [-0.2, -0.15) is 0 Å². The average molecular weight is 262 g/mol. The Morgan fingerprint density at radius 1 is 1.33 bits per heavy atom.